The largest absolute Gasteiger partial charge is 0.497 e. The minimum absolute atomic E-state index is 0.125. The summed E-state index contributed by atoms with van der Waals surface area (Å²) in [6, 6.07) is 17.9. The molecule has 0 aliphatic carbocycles. The zero-order chi connectivity index (χ0) is 29.2. The number of ether oxygens (including phenoxy) is 1. The molecule has 0 bridgehead atoms. The highest BCUT2D eigenvalue weighted by molar-refractivity contribution is 5.86. The third-order valence-electron chi connectivity index (χ3n) is 7.00. The van der Waals surface area contributed by atoms with Crippen molar-refractivity contribution >= 4 is 27.8 Å². The van der Waals surface area contributed by atoms with Crippen LogP contribution in [0.1, 0.15) is 30.0 Å². The van der Waals surface area contributed by atoms with Crippen LogP contribution in [0.15, 0.2) is 95.0 Å². The van der Waals surface area contributed by atoms with Crippen molar-refractivity contribution in [2.45, 2.75) is 26.1 Å². The number of benzene rings is 2. The molecule has 0 fully saturated rings. The molecule has 0 spiro atoms. The molecule has 0 amide bonds. The molecule has 1 N–H and O–H groups in total. The number of methoxy groups -OCH3 is 1. The monoisotopic (exact) mass is 563 g/mol. The molecule has 4 heterocycles. The highest BCUT2D eigenvalue weighted by Crippen LogP contribution is 2.23. The predicted molar refractivity (Wildman–Crippen MR) is 157 cm³/mol. The molecule has 0 aliphatic rings. The van der Waals surface area contributed by atoms with Crippen molar-refractivity contribution in [3.63, 3.8) is 0 Å². The van der Waals surface area contributed by atoms with E-state index in [9.17, 15) is 14.0 Å². The molecule has 11 heteroatoms. The zero-order valence-corrected chi connectivity index (χ0v) is 22.9. The Morgan fingerprint density at radius 3 is 2.57 bits per heavy atom. The molecular formula is C31H26FN7O3. The lowest BCUT2D eigenvalue weighted by molar-refractivity contribution is 0.414. The van der Waals surface area contributed by atoms with Crippen LogP contribution in [0.25, 0.3) is 21.9 Å². The fourth-order valence-corrected chi connectivity index (χ4v) is 4.91. The Hall–Kier alpha value is -5.45. The summed E-state index contributed by atoms with van der Waals surface area (Å²) in [6.45, 7) is 2.41. The number of nitrogens with one attached hydrogen (secondary N) is 1. The number of nitrogens with zero attached hydrogens (tertiary/aromatic N) is 6. The lowest BCUT2D eigenvalue weighted by Crippen LogP contribution is -2.29. The van der Waals surface area contributed by atoms with Crippen molar-refractivity contribution in [3.05, 3.63) is 129 Å². The Morgan fingerprint density at radius 2 is 1.81 bits per heavy atom. The van der Waals surface area contributed by atoms with E-state index < -0.39 is 17.4 Å². The van der Waals surface area contributed by atoms with Crippen molar-refractivity contribution in [2.75, 3.05) is 12.4 Å². The molecule has 6 rings (SSSR count). The number of halogens is 1. The smallest absolute Gasteiger partial charge is 0.261 e. The number of fused-ring (bicyclic) bond motifs is 2. The highest BCUT2D eigenvalue weighted by atomic mass is 19.1. The lowest BCUT2D eigenvalue weighted by atomic mass is 10.2. The molecule has 0 radical (unpaired) electrons. The Balaban J connectivity index is 1.41. The van der Waals surface area contributed by atoms with Crippen LogP contribution in [0.4, 0.5) is 10.2 Å². The first-order chi connectivity index (χ1) is 20.4. The molecule has 42 heavy (non-hydrogen) atoms. The summed E-state index contributed by atoms with van der Waals surface area (Å²) in [7, 11) is 1.61. The van der Waals surface area contributed by atoms with Crippen molar-refractivity contribution in [2.24, 2.45) is 0 Å². The second-order valence-corrected chi connectivity index (χ2v) is 9.79. The van der Waals surface area contributed by atoms with E-state index in [2.05, 4.69) is 20.3 Å². The number of rotatable bonds is 8. The summed E-state index contributed by atoms with van der Waals surface area (Å²) in [5.74, 6) is 0.911. The number of hydrogen-bond acceptors (Lipinski definition) is 8. The van der Waals surface area contributed by atoms with Crippen molar-refractivity contribution < 1.29 is 9.13 Å². The number of anilines is 1. The van der Waals surface area contributed by atoms with Gasteiger partial charge in [-0.3, -0.25) is 19.1 Å². The van der Waals surface area contributed by atoms with Crippen LogP contribution < -0.4 is 21.0 Å². The fourth-order valence-electron chi connectivity index (χ4n) is 4.91. The fraction of sp³-hybridized carbons (Fsp3) is 0.161. The SMILES string of the molecule is COc1ccc(Cn2ccc(=O)c3c(NC(C)c4nc5ccc(F)cc5c(=O)n4Cc4ccccn4)ncnc32)cc1. The Labute approximate surface area is 239 Å². The van der Waals surface area contributed by atoms with Crippen LogP contribution in [-0.4, -0.2) is 36.2 Å². The molecule has 10 nitrogen and oxygen atoms in total. The Bertz CT molecular complexity index is 2030. The maximum absolute atomic E-state index is 14.1. The molecule has 6 aromatic rings. The van der Waals surface area contributed by atoms with Gasteiger partial charge in [0, 0.05) is 25.0 Å². The van der Waals surface area contributed by atoms with Gasteiger partial charge in [0.25, 0.3) is 5.56 Å². The molecule has 0 saturated heterocycles. The summed E-state index contributed by atoms with van der Waals surface area (Å²) in [6.07, 6.45) is 4.72. The van der Waals surface area contributed by atoms with Gasteiger partial charge in [-0.25, -0.2) is 19.3 Å². The normalized spacial score (nSPS) is 12.0. The summed E-state index contributed by atoms with van der Waals surface area (Å²) < 4.78 is 22.6. The van der Waals surface area contributed by atoms with Gasteiger partial charge in [0.2, 0.25) is 0 Å². The van der Waals surface area contributed by atoms with Crippen molar-refractivity contribution in [1.29, 1.82) is 0 Å². The number of hydrogen-bond donors (Lipinski definition) is 1. The molecule has 0 saturated carbocycles. The number of pyridine rings is 2. The maximum Gasteiger partial charge on any atom is 0.261 e. The van der Waals surface area contributed by atoms with Gasteiger partial charge in [-0.1, -0.05) is 18.2 Å². The van der Waals surface area contributed by atoms with Gasteiger partial charge in [0.1, 0.15) is 40.6 Å². The molecule has 4 aromatic heterocycles. The van der Waals surface area contributed by atoms with Crippen LogP contribution in [0, 0.1) is 5.82 Å². The minimum Gasteiger partial charge on any atom is -0.497 e. The average Bonchev–Trinajstić information content (AvgIpc) is 3.01. The molecule has 210 valence electrons. The van der Waals surface area contributed by atoms with E-state index in [0.717, 1.165) is 11.3 Å². The topological polar surface area (TPSA) is 117 Å². The van der Waals surface area contributed by atoms with Crippen molar-refractivity contribution in [3.8, 4) is 5.75 Å². The number of aromatic nitrogens is 6. The molecular weight excluding hydrogens is 537 g/mol. The third kappa shape index (κ3) is 5.19. The first-order valence-corrected chi connectivity index (χ1v) is 13.2. The summed E-state index contributed by atoms with van der Waals surface area (Å²) in [5.41, 5.74) is 1.80. The van der Waals surface area contributed by atoms with Gasteiger partial charge in [-0.05, 0) is 55.0 Å². The van der Waals surface area contributed by atoms with Gasteiger partial charge in [0.05, 0.1) is 36.3 Å². The van der Waals surface area contributed by atoms with E-state index >= 15 is 0 Å². The summed E-state index contributed by atoms with van der Waals surface area (Å²) in [5, 5.41) is 3.75. The first kappa shape index (κ1) is 26.8. The van der Waals surface area contributed by atoms with Crippen molar-refractivity contribution in [1.82, 2.24) is 29.1 Å². The van der Waals surface area contributed by atoms with E-state index in [1.807, 2.05) is 41.8 Å². The standard InChI is InChI=1S/C31H26FN7O3/c1-19(29-37-25-11-8-21(32)15-24(25)31(41)39(29)17-22-5-3-4-13-33-22)36-28-27-26(40)12-14-38(30(27)35-18-34-28)16-20-6-9-23(42-2)10-7-20/h3-15,18-19H,16-17H2,1-2H3,(H,34,35,36). The van der Waals surface area contributed by atoms with E-state index in [-0.39, 0.29) is 17.4 Å². The molecule has 0 aliphatic heterocycles. The third-order valence-corrected chi connectivity index (χ3v) is 7.00. The van der Waals surface area contributed by atoms with E-state index in [0.29, 0.717) is 40.4 Å². The summed E-state index contributed by atoms with van der Waals surface area (Å²) >= 11 is 0. The van der Waals surface area contributed by atoms with Crippen LogP contribution in [0.3, 0.4) is 0 Å². The Kier molecular flexibility index (Phi) is 7.14. The highest BCUT2D eigenvalue weighted by Gasteiger charge is 2.20. The predicted octanol–water partition coefficient (Wildman–Crippen LogP) is 4.31. The van der Waals surface area contributed by atoms with E-state index in [1.165, 1.54) is 35.2 Å². The molecule has 2 aromatic carbocycles. The quantitative estimate of drug-likeness (QED) is 0.291. The minimum atomic E-state index is -0.580. The van der Waals surface area contributed by atoms with Gasteiger partial charge in [-0.2, -0.15) is 0 Å². The van der Waals surface area contributed by atoms with Crippen LogP contribution in [0.5, 0.6) is 5.75 Å². The zero-order valence-electron chi connectivity index (χ0n) is 22.9. The van der Waals surface area contributed by atoms with Crippen LogP contribution in [-0.2, 0) is 13.1 Å². The van der Waals surface area contributed by atoms with E-state index in [4.69, 9.17) is 9.72 Å². The average molecular weight is 564 g/mol. The maximum atomic E-state index is 14.1. The summed E-state index contributed by atoms with van der Waals surface area (Å²) in [4.78, 5) is 44.6. The van der Waals surface area contributed by atoms with Gasteiger partial charge in [0.15, 0.2) is 5.43 Å². The van der Waals surface area contributed by atoms with Crippen LogP contribution >= 0.6 is 0 Å². The molecule has 1 atom stereocenters. The lowest BCUT2D eigenvalue weighted by Gasteiger charge is -2.21. The Morgan fingerprint density at radius 1 is 0.976 bits per heavy atom. The second kappa shape index (κ2) is 11.2. The first-order valence-electron chi connectivity index (χ1n) is 13.2. The van der Waals surface area contributed by atoms with Gasteiger partial charge in [-0.15, -0.1) is 0 Å². The van der Waals surface area contributed by atoms with Gasteiger partial charge < -0.3 is 14.6 Å². The van der Waals surface area contributed by atoms with E-state index in [1.54, 1.807) is 31.6 Å². The van der Waals surface area contributed by atoms with Crippen LogP contribution in [0.2, 0.25) is 0 Å². The van der Waals surface area contributed by atoms with Gasteiger partial charge >= 0.3 is 0 Å². The molecule has 1 unspecified atom stereocenters. The second-order valence-electron chi connectivity index (χ2n) is 9.79.